The molecule has 0 atom stereocenters. The van der Waals surface area contributed by atoms with Gasteiger partial charge in [-0.05, 0) is 25.3 Å². The average molecular weight is 248 g/mol. The van der Waals surface area contributed by atoms with Gasteiger partial charge in [-0.15, -0.1) is 22.7 Å². The topological polar surface area (TPSA) is 34.1 Å². The third kappa shape index (κ3) is 1.06. The van der Waals surface area contributed by atoms with Crippen LogP contribution in [0.15, 0.2) is 11.4 Å². The molecule has 2 heterocycles. The van der Waals surface area contributed by atoms with E-state index in [1.165, 1.54) is 22.7 Å². The fraction of sp³-hybridized carbons (Fsp3) is 0.167. The van der Waals surface area contributed by atoms with Crippen molar-refractivity contribution >= 4 is 34.2 Å². The summed E-state index contributed by atoms with van der Waals surface area (Å²) in [6.45, 7) is 3.80. The lowest BCUT2D eigenvalue weighted by Gasteiger charge is -2.11. The van der Waals surface area contributed by atoms with Gasteiger partial charge in [0.2, 0.25) is 5.78 Å². The van der Waals surface area contributed by atoms with Crippen molar-refractivity contribution in [1.82, 2.24) is 0 Å². The first-order valence-electron chi connectivity index (χ1n) is 4.88. The van der Waals surface area contributed by atoms with Gasteiger partial charge in [0.1, 0.15) is 0 Å². The van der Waals surface area contributed by atoms with Crippen molar-refractivity contribution in [3.63, 3.8) is 0 Å². The van der Waals surface area contributed by atoms with E-state index in [0.29, 0.717) is 21.6 Å². The van der Waals surface area contributed by atoms with Crippen LogP contribution in [0.4, 0.5) is 0 Å². The molecule has 1 aliphatic carbocycles. The van der Waals surface area contributed by atoms with Crippen molar-refractivity contribution in [2.45, 2.75) is 13.8 Å². The molecule has 0 N–H and O–H groups in total. The molecule has 2 aromatic heterocycles. The van der Waals surface area contributed by atoms with Crippen LogP contribution in [0.1, 0.15) is 40.9 Å². The molecule has 0 saturated carbocycles. The smallest absolute Gasteiger partial charge is 0.205 e. The van der Waals surface area contributed by atoms with E-state index in [2.05, 4.69) is 0 Å². The molecule has 2 aromatic rings. The van der Waals surface area contributed by atoms with Gasteiger partial charge in [0.15, 0.2) is 5.78 Å². The van der Waals surface area contributed by atoms with E-state index in [0.717, 1.165) is 9.75 Å². The Labute approximate surface area is 101 Å². The van der Waals surface area contributed by atoms with Crippen LogP contribution < -0.4 is 0 Å². The molecule has 0 spiro atoms. The zero-order valence-electron chi connectivity index (χ0n) is 8.79. The largest absolute Gasteiger partial charge is 0.288 e. The van der Waals surface area contributed by atoms with Gasteiger partial charge in [-0.1, -0.05) is 0 Å². The quantitative estimate of drug-likeness (QED) is 0.612. The third-order valence-electron chi connectivity index (χ3n) is 2.83. The van der Waals surface area contributed by atoms with Gasteiger partial charge >= 0.3 is 0 Å². The van der Waals surface area contributed by atoms with Crippen LogP contribution in [0.25, 0.3) is 0 Å². The summed E-state index contributed by atoms with van der Waals surface area (Å²) in [7, 11) is 0. The van der Waals surface area contributed by atoms with Crippen molar-refractivity contribution in [2.24, 2.45) is 0 Å². The van der Waals surface area contributed by atoms with E-state index < -0.39 is 0 Å². The Morgan fingerprint density at radius 2 is 1.62 bits per heavy atom. The molecule has 0 amide bonds. The van der Waals surface area contributed by atoms with Crippen LogP contribution in [-0.4, -0.2) is 11.6 Å². The van der Waals surface area contributed by atoms with E-state index in [4.69, 9.17) is 0 Å². The lowest BCUT2D eigenvalue weighted by atomic mass is 9.90. The standard InChI is InChI=1S/C12H8O2S2/c1-5-8-9(6(2)16-5)11(14)12-7(10(8)13)3-4-15-12/h3-4H,1-2H3. The number of fused-ring (bicyclic) bond motifs is 2. The Hall–Kier alpha value is -1.26. The number of carbonyl (C=O) groups excluding carboxylic acids is 2. The molecule has 2 nitrogen and oxygen atoms in total. The van der Waals surface area contributed by atoms with Crippen LogP contribution in [0.2, 0.25) is 0 Å². The SMILES string of the molecule is Cc1sc(C)c2c1C(=O)c1ccsc1C2=O. The highest BCUT2D eigenvalue weighted by Gasteiger charge is 2.34. The van der Waals surface area contributed by atoms with E-state index in [1.807, 2.05) is 13.8 Å². The second kappa shape index (κ2) is 3.12. The summed E-state index contributed by atoms with van der Waals surface area (Å²) in [6.07, 6.45) is 0. The Morgan fingerprint density at radius 1 is 1.00 bits per heavy atom. The normalized spacial score (nSPS) is 13.9. The second-order valence-electron chi connectivity index (χ2n) is 3.79. The summed E-state index contributed by atoms with van der Waals surface area (Å²) >= 11 is 2.88. The zero-order chi connectivity index (χ0) is 11.4. The molecule has 0 unspecified atom stereocenters. The van der Waals surface area contributed by atoms with Crippen molar-refractivity contribution < 1.29 is 9.59 Å². The molecule has 0 aromatic carbocycles. The van der Waals surface area contributed by atoms with Crippen molar-refractivity contribution in [2.75, 3.05) is 0 Å². The van der Waals surface area contributed by atoms with E-state index >= 15 is 0 Å². The summed E-state index contributed by atoms with van der Waals surface area (Å²) in [5.41, 5.74) is 1.82. The Kier molecular flexibility index (Phi) is 1.94. The van der Waals surface area contributed by atoms with E-state index in [-0.39, 0.29) is 11.6 Å². The predicted octanol–water partition coefficient (Wildman–Crippen LogP) is 3.20. The highest BCUT2D eigenvalue weighted by atomic mass is 32.1. The molecule has 0 bridgehead atoms. The fourth-order valence-corrected chi connectivity index (χ4v) is 4.03. The van der Waals surface area contributed by atoms with Gasteiger partial charge in [0.05, 0.1) is 4.88 Å². The molecule has 80 valence electrons. The molecule has 0 saturated heterocycles. The molecule has 0 fully saturated rings. The number of rotatable bonds is 0. The molecular formula is C12H8O2S2. The van der Waals surface area contributed by atoms with Crippen LogP contribution in [0.3, 0.4) is 0 Å². The summed E-state index contributed by atoms with van der Waals surface area (Å²) in [4.78, 5) is 26.9. The van der Waals surface area contributed by atoms with E-state index in [9.17, 15) is 9.59 Å². The number of hydrogen-bond acceptors (Lipinski definition) is 4. The fourth-order valence-electron chi connectivity index (χ4n) is 2.14. The predicted molar refractivity (Wildman–Crippen MR) is 65.0 cm³/mol. The minimum Gasteiger partial charge on any atom is -0.288 e. The number of thiophene rings is 2. The number of aryl methyl sites for hydroxylation is 2. The maximum Gasteiger partial charge on any atom is 0.205 e. The van der Waals surface area contributed by atoms with Gasteiger partial charge in [-0.2, -0.15) is 0 Å². The minimum absolute atomic E-state index is 0.00713. The Bertz CT molecular complexity index is 580. The maximum atomic E-state index is 12.2. The average Bonchev–Trinajstić information content (AvgIpc) is 2.80. The number of ketones is 2. The van der Waals surface area contributed by atoms with Crippen LogP contribution in [-0.2, 0) is 0 Å². The monoisotopic (exact) mass is 248 g/mol. The van der Waals surface area contributed by atoms with Gasteiger partial charge in [0.25, 0.3) is 0 Å². The first kappa shape index (κ1) is 9.93. The molecule has 16 heavy (non-hydrogen) atoms. The lowest BCUT2D eigenvalue weighted by molar-refractivity contribution is 0.0982. The van der Waals surface area contributed by atoms with Crippen molar-refractivity contribution in [3.05, 3.63) is 42.8 Å². The molecule has 0 aliphatic heterocycles. The Morgan fingerprint density at radius 3 is 2.31 bits per heavy atom. The van der Waals surface area contributed by atoms with Crippen LogP contribution in [0, 0.1) is 13.8 Å². The highest BCUT2D eigenvalue weighted by molar-refractivity contribution is 7.14. The Balaban J connectivity index is 2.40. The maximum absolute atomic E-state index is 12.2. The van der Waals surface area contributed by atoms with Gasteiger partial charge < -0.3 is 0 Å². The summed E-state index contributed by atoms with van der Waals surface area (Å²) in [5.74, 6) is 0.0224. The van der Waals surface area contributed by atoms with Crippen LogP contribution >= 0.6 is 22.7 Å². The molecular weight excluding hydrogens is 240 g/mol. The zero-order valence-corrected chi connectivity index (χ0v) is 10.4. The first-order valence-corrected chi connectivity index (χ1v) is 6.57. The summed E-state index contributed by atoms with van der Waals surface area (Å²) < 4.78 is 0. The minimum atomic E-state index is 0.00713. The van der Waals surface area contributed by atoms with Crippen LogP contribution in [0.5, 0.6) is 0 Å². The number of carbonyl (C=O) groups is 2. The highest BCUT2D eigenvalue weighted by Crippen LogP contribution is 2.37. The van der Waals surface area contributed by atoms with Crippen molar-refractivity contribution in [3.8, 4) is 0 Å². The van der Waals surface area contributed by atoms with E-state index in [1.54, 1.807) is 11.4 Å². The molecule has 4 heteroatoms. The number of hydrogen-bond donors (Lipinski definition) is 0. The van der Waals surface area contributed by atoms with Gasteiger partial charge in [0, 0.05) is 26.4 Å². The lowest BCUT2D eigenvalue weighted by Crippen LogP contribution is -2.18. The first-order chi connectivity index (χ1) is 7.61. The second-order valence-corrected chi connectivity index (χ2v) is 6.13. The third-order valence-corrected chi connectivity index (χ3v) is 4.76. The molecule has 1 aliphatic rings. The molecule has 0 radical (unpaired) electrons. The molecule has 3 rings (SSSR count). The van der Waals surface area contributed by atoms with Gasteiger partial charge in [-0.3, -0.25) is 9.59 Å². The van der Waals surface area contributed by atoms with Gasteiger partial charge in [-0.25, -0.2) is 0 Å². The summed E-state index contributed by atoms with van der Waals surface area (Å²) in [5, 5.41) is 1.81. The van der Waals surface area contributed by atoms with Crippen molar-refractivity contribution in [1.29, 1.82) is 0 Å². The summed E-state index contributed by atoms with van der Waals surface area (Å²) in [6, 6.07) is 1.75.